The van der Waals surface area contributed by atoms with Crippen molar-refractivity contribution in [1.29, 1.82) is 0 Å². The lowest BCUT2D eigenvalue weighted by Crippen LogP contribution is -2.51. The molecular weight excluding hydrogens is 376 g/mol. The minimum atomic E-state index is -0.231. The third kappa shape index (κ3) is 4.24. The van der Waals surface area contributed by atoms with Crippen molar-refractivity contribution in [3.05, 3.63) is 84.4 Å². The van der Waals surface area contributed by atoms with E-state index in [4.69, 9.17) is 4.74 Å². The van der Waals surface area contributed by atoms with Gasteiger partial charge in [-0.1, -0.05) is 42.5 Å². The highest BCUT2D eigenvalue weighted by molar-refractivity contribution is 5.80. The van der Waals surface area contributed by atoms with E-state index in [1.807, 2.05) is 40.8 Å². The number of hydrogen-bond acceptors (Lipinski definition) is 4. The summed E-state index contributed by atoms with van der Waals surface area (Å²) in [5, 5.41) is 0. The topological polar surface area (TPSA) is 50.6 Å². The van der Waals surface area contributed by atoms with Crippen LogP contribution in [0.15, 0.2) is 73.3 Å². The van der Waals surface area contributed by atoms with Crippen LogP contribution in [0.4, 0.5) is 0 Å². The summed E-state index contributed by atoms with van der Waals surface area (Å²) in [6, 6.07) is 18.8. The maximum absolute atomic E-state index is 12.9. The highest BCUT2D eigenvalue weighted by Crippen LogP contribution is 2.31. The molecule has 1 saturated heterocycles. The molecule has 6 heteroatoms. The molecule has 1 aromatic heterocycles. The second kappa shape index (κ2) is 9.13. The molecule has 0 N–H and O–H groups in total. The monoisotopic (exact) mass is 404 g/mol. The zero-order valence-electron chi connectivity index (χ0n) is 17.5. The summed E-state index contributed by atoms with van der Waals surface area (Å²) in [6.07, 6.45) is 5.25. The van der Waals surface area contributed by atoms with Gasteiger partial charge < -0.3 is 14.2 Å². The Bertz CT molecular complexity index is 933. The van der Waals surface area contributed by atoms with Gasteiger partial charge in [-0.3, -0.25) is 9.69 Å². The van der Waals surface area contributed by atoms with Gasteiger partial charge in [0.2, 0.25) is 5.91 Å². The number of ether oxygens (including phenoxy) is 1. The molecule has 2 aromatic carbocycles. The molecule has 156 valence electrons. The third-order valence-corrected chi connectivity index (χ3v) is 5.87. The molecule has 30 heavy (non-hydrogen) atoms. The summed E-state index contributed by atoms with van der Waals surface area (Å²) in [6.45, 7) is 5.02. The Balaban J connectivity index is 1.50. The number of carbonyl (C=O) groups excluding carboxylic acids is 1. The molecule has 2 atom stereocenters. The van der Waals surface area contributed by atoms with Crippen LogP contribution in [0, 0.1) is 0 Å². The van der Waals surface area contributed by atoms with Crippen LogP contribution in [0.2, 0.25) is 0 Å². The molecule has 3 aromatic rings. The first-order valence-corrected chi connectivity index (χ1v) is 10.4. The van der Waals surface area contributed by atoms with Crippen LogP contribution in [0.3, 0.4) is 0 Å². The Labute approximate surface area is 177 Å². The van der Waals surface area contributed by atoms with Crippen molar-refractivity contribution in [3.8, 4) is 5.75 Å². The minimum Gasteiger partial charge on any atom is -0.497 e. The number of methoxy groups -OCH3 is 1. The van der Waals surface area contributed by atoms with Crippen molar-refractivity contribution in [1.82, 2.24) is 19.4 Å². The number of amides is 1. The van der Waals surface area contributed by atoms with Crippen LogP contribution in [-0.4, -0.2) is 58.5 Å². The van der Waals surface area contributed by atoms with Crippen LogP contribution in [0.1, 0.15) is 30.1 Å². The van der Waals surface area contributed by atoms with Gasteiger partial charge in [-0.05, 0) is 30.2 Å². The third-order valence-electron chi connectivity index (χ3n) is 5.87. The van der Waals surface area contributed by atoms with Crippen molar-refractivity contribution in [3.63, 3.8) is 0 Å². The van der Waals surface area contributed by atoms with Crippen LogP contribution in [0.5, 0.6) is 5.75 Å². The maximum Gasteiger partial charge on any atom is 0.245 e. The van der Waals surface area contributed by atoms with E-state index in [2.05, 4.69) is 46.3 Å². The van der Waals surface area contributed by atoms with Crippen molar-refractivity contribution in [2.24, 2.45) is 0 Å². The molecule has 6 nitrogen and oxygen atoms in total. The van der Waals surface area contributed by atoms with Crippen molar-refractivity contribution >= 4 is 5.91 Å². The van der Waals surface area contributed by atoms with Crippen molar-refractivity contribution < 1.29 is 9.53 Å². The van der Waals surface area contributed by atoms with Crippen LogP contribution in [0.25, 0.3) is 0 Å². The Hall–Kier alpha value is -3.12. The van der Waals surface area contributed by atoms with E-state index in [1.54, 1.807) is 19.6 Å². The number of hydrogen-bond donors (Lipinski definition) is 0. The van der Waals surface area contributed by atoms with Gasteiger partial charge in [0, 0.05) is 38.6 Å². The molecule has 1 fully saturated rings. The Morgan fingerprint density at radius 3 is 2.23 bits per heavy atom. The second-order valence-corrected chi connectivity index (χ2v) is 7.63. The molecule has 2 heterocycles. The number of piperazine rings is 1. The molecular formula is C24H28N4O2. The predicted molar refractivity (Wildman–Crippen MR) is 116 cm³/mol. The lowest BCUT2D eigenvalue weighted by molar-refractivity contribution is -0.136. The summed E-state index contributed by atoms with van der Waals surface area (Å²) in [5.41, 5.74) is 2.49. The average molecular weight is 405 g/mol. The lowest BCUT2D eigenvalue weighted by atomic mass is 9.96. The van der Waals surface area contributed by atoms with E-state index in [0.29, 0.717) is 0 Å². The number of benzene rings is 2. The molecule has 1 aliphatic rings. The molecule has 0 aliphatic carbocycles. The van der Waals surface area contributed by atoms with Gasteiger partial charge in [0.05, 0.1) is 19.5 Å². The standard InChI is InChI=1S/C24H28N4O2/c1-19(28-13-12-25-18-28)24(29)27-16-14-26(15-17-27)23(20-6-4-3-5-7-20)21-8-10-22(30-2)11-9-21/h3-13,18-19,23H,14-17H2,1-2H3/t19-,23-/m0/s1. The zero-order chi connectivity index (χ0) is 20.9. The van der Waals surface area contributed by atoms with E-state index in [0.717, 1.165) is 31.9 Å². The molecule has 0 unspecified atom stereocenters. The first-order chi connectivity index (χ1) is 14.7. The van der Waals surface area contributed by atoms with Gasteiger partial charge in [0.15, 0.2) is 0 Å². The Morgan fingerprint density at radius 1 is 0.967 bits per heavy atom. The van der Waals surface area contributed by atoms with E-state index in [-0.39, 0.29) is 18.0 Å². The zero-order valence-corrected chi connectivity index (χ0v) is 17.5. The number of nitrogens with zero attached hydrogens (tertiary/aromatic N) is 4. The fourth-order valence-corrected chi connectivity index (χ4v) is 4.13. The summed E-state index contributed by atoms with van der Waals surface area (Å²) in [7, 11) is 1.69. The van der Waals surface area contributed by atoms with Crippen molar-refractivity contribution in [2.45, 2.75) is 19.0 Å². The number of rotatable bonds is 6. The number of carbonyl (C=O) groups is 1. The van der Waals surface area contributed by atoms with Gasteiger partial charge >= 0.3 is 0 Å². The van der Waals surface area contributed by atoms with Gasteiger partial charge in [-0.15, -0.1) is 0 Å². The number of imidazole rings is 1. The normalized spacial score (nSPS) is 16.8. The van der Waals surface area contributed by atoms with Gasteiger partial charge in [0.1, 0.15) is 11.8 Å². The van der Waals surface area contributed by atoms with Gasteiger partial charge in [-0.2, -0.15) is 0 Å². The molecule has 0 bridgehead atoms. The Kier molecular flexibility index (Phi) is 6.14. The molecule has 1 amide bonds. The minimum absolute atomic E-state index is 0.147. The molecule has 0 radical (unpaired) electrons. The SMILES string of the molecule is COc1ccc([C@H](c2ccccc2)N2CCN(C(=O)[C@H](C)n3ccnc3)CC2)cc1. The predicted octanol–water partition coefficient (Wildman–Crippen LogP) is 3.39. The smallest absolute Gasteiger partial charge is 0.245 e. The fraction of sp³-hybridized carbons (Fsp3) is 0.333. The van der Waals surface area contributed by atoms with Crippen LogP contribution >= 0.6 is 0 Å². The van der Waals surface area contributed by atoms with E-state index >= 15 is 0 Å². The quantitative estimate of drug-likeness (QED) is 0.632. The fourth-order valence-electron chi connectivity index (χ4n) is 4.13. The first kappa shape index (κ1) is 20.2. The molecule has 1 aliphatic heterocycles. The summed E-state index contributed by atoms with van der Waals surface area (Å²) >= 11 is 0. The largest absolute Gasteiger partial charge is 0.497 e. The summed E-state index contributed by atoms with van der Waals surface area (Å²) in [4.78, 5) is 21.4. The second-order valence-electron chi connectivity index (χ2n) is 7.63. The Morgan fingerprint density at radius 2 is 1.63 bits per heavy atom. The van der Waals surface area contributed by atoms with E-state index in [9.17, 15) is 4.79 Å². The average Bonchev–Trinajstić information content (AvgIpc) is 3.35. The number of aromatic nitrogens is 2. The summed E-state index contributed by atoms with van der Waals surface area (Å²) < 4.78 is 7.19. The lowest BCUT2D eigenvalue weighted by Gasteiger charge is -2.40. The maximum atomic E-state index is 12.9. The van der Waals surface area contributed by atoms with Crippen LogP contribution in [-0.2, 0) is 4.79 Å². The van der Waals surface area contributed by atoms with Crippen molar-refractivity contribution in [2.75, 3.05) is 33.3 Å². The van der Waals surface area contributed by atoms with Crippen LogP contribution < -0.4 is 4.74 Å². The molecule has 0 spiro atoms. The highest BCUT2D eigenvalue weighted by atomic mass is 16.5. The van der Waals surface area contributed by atoms with Gasteiger partial charge in [-0.25, -0.2) is 4.98 Å². The van der Waals surface area contributed by atoms with E-state index < -0.39 is 0 Å². The molecule has 4 rings (SSSR count). The molecule has 0 saturated carbocycles. The van der Waals surface area contributed by atoms with E-state index in [1.165, 1.54) is 11.1 Å². The van der Waals surface area contributed by atoms with Gasteiger partial charge in [0.25, 0.3) is 0 Å². The summed E-state index contributed by atoms with van der Waals surface area (Å²) in [5.74, 6) is 1.00. The first-order valence-electron chi connectivity index (χ1n) is 10.4. The highest BCUT2D eigenvalue weighted by Gasteiger charge is 2.30.